The highest BCUT2D eigenvalue weighted by Gasteiger charge is 2.13. The normalized spacial score (nSPS) is 13.4. The molecular weight excluding hydrogens is 224 g/mol. The third-order valence-electron chi connectivity index (χ3n) is 2.71. The van der Waals surface area contributed by atoms with Crippen molar-refractivity contribution in [3.63, 3.8) is 0 Å². The maximum absolute atomic E-state index is 12.1. The van der Waals surface area contributed by atoms with E-state index in [9.17, 15) is 13.9 Å². The number of benzene rings is 1. The van der Waals surface area contributed by atoms with Gasteiger partial charge >= 0.3 is 0 Å². The Labute approximate surface area is 101 Å². The van der Waals surface area contributed by atoms with E-state index in [1.165, 1.54) is 10.5 Å². The van der Waals surface area contributed by atoms with E-state index in [4.69, 9.17) is 0 Å². The Kier molecular flexibility index (Phi) is 5.51. The number of nitrogens with zero attached hydrogens (tertiary/aromatic N) is 1. The SMILES string of the molecule is CCc1ccc(C(O)CN(C)CC(F)F)cc1. The van der Waals surface area contributed by atoms with Gasteiger partial charge in [-0.1, -0.05) is 31.2 Å². The highest BCUT2D eigenvalue weighted by molar-refractivity contribution is 5.24. The first-order valence-electron chi connectivity index (χ1n) is 5.76. The van der Waals surface area contributed by atoms with Gasteiger partial charge in [-0.05, 0) is 24.6 Å². The van der Waals surface area contributed by atoms with Crippen molar-refractivity contribution in [1.82, 2.24) is 4.90 Å². The molecule has 0 radical (unpaired) electrons. The summed E-state index contributed by atoms with van der Waals surface area (Å²) < 4.78 is 24.2. The molecule has 0 heterocycles. The molecule has 96 valence electrons. The monoisotopic (exact) mass is 243 g/mol. The Morgan fingerprint density at radius 3 is 2.24 bits per heavy atom. The van der Waals surface area contributed by atoms with Crippen LogP contribution in [0.25, 0.3) is 0 Å². The average molecular weight is 243 g/mol. The van der Waals surface area contributed by atoms with Gasteiger partial charge in [-0.15, -0.1) is 0 Å². The van der Waals surface area contributed by atoms with Gasteiger partial charge in [0.15, 0.2) is 0 Å². The second kappa shape index (κ2) is 6.67. The minimum Gasteiger partial charge on any atom is -0.387 e. The lowest BCUT2D eigenvalue weighted by Crippen LogP contribution is -2.29. The number of alkyl halides is 2. The van der Waals surface area contributed by atoms with Crippen molar-refractivity contribution in [3.05, 3.63) is 35.4 Å². The van der Waals surface area contributed by atoms with Crippen LogP contribution in [0.4, 0.5) is 8.78 Å². The van der Waals surface area contributed by atoms with Gasteiger partial charge in [0, 0.05) is 6.54 Å². The standard InChI is InChI=1S/C13H19F2NO/c1-3-10-4-6-11(7-5-10)12(17)8-16(2)9-13(14)15/h4-7,12-13,17H,3,8-9H2,1-2H3. The number of rotatable bonds is 6. The number of halogens is 2. The molecule has 4 heteroatoms. The largest absolute Gasteiger partial charge is 0.387 e. The quantitative estimate of drug-likeness (QED) is 0.829. The topological polar surface area (TPSA) is 23.5 Å². The molecule has 0 saturated heterocycles. The molecule has 1 aromatic carbocycles. The molecule has 0 saturated carbocycles. The number of hydrogen-bond acceptors (Lipinski definition) is 2. The van der Waals surface area contributed by atoms with Crippen LogP contribution in [0.2, 0.25) is 0 Å². The minimum absolute atomic E-state index is 0.218. The fourth-order valence-corrected chi connectivity index (χ4v) is 1.69. The smallest absolute Gasteiger partial charge is 0.251 e. The van der Waals surface area contributed by atoms with Crippen molar-refractivity contribution in [2.75, 3.05) is 20.1 Å². The van der Waals surface area contributed by atoms with Crippen LogP contribution in [0.15, 0.2) is 24.3 Å². The Balaban J connectivity index is 2.53. The van der Waals surface area contributed by atoms with Crippen molar-refractivity contribution in [1.29, 1.82) is 0 Å². The summed E-state index contributed by atoms with van der Waals surface area (Å²) in [5.41, 5.74) is 1.96. The van der Waals surface area contributed by atoms with Gasteiger partial charge in [-0.2, -0.15) is 0 Å². The summed E-state index contributed by atoms with van der Waals surface area (Å²) in [5, 5.41) is 9.88. The molecule has 1 atom stereocenters. The van der Waals surface area contributed by atoms with Crippen LogP contribution < -0.4 is 0 Å². The molecule has 1 unspecified atom stereocenters. The van der Waals surface area contributed by atoms with Crippen LogP contribution in [-0.4, -0.2) is 36.6 Å². The molecular formula is C13H19F2NO. The van der Waals surface area contributed by atoms with E-state index >= 15 is 0 Å². The molecule has 1 rings (SSSR count). The number of aliphatic hydroxyl groups is 1. The minimum atomic E-state index is -2.37. The first-order chi connectivity index (χ1) is 8.02. The van der Waals surface area contributed by atoms with E-state index < -0.39 is 12.5 Å². The second-order valence-electron chi connectivity index (χ2n) is 4.22. The van der Waals surface area contributed by atoms with E-state index in [2.05, 4.69) is 6.92 Å². The van der Waals surface area contributed by atoms with Crippen LogP contribution in [0, 0.1) is 0 Å². The van der Waals surface area contributed by atoms with E-state index in [0.29, 0.717) is 0 Å². The number of aliphatic hydroxyl groups excluding tert-OH is 1. The second-order valence-corrected chi connectivity index (χ2v) is 4.22. The predicted molar refractivity (Wildman–Crippen MR) is 64.3 cm³/mol. The summed E-state index contributed by atoms with van der Waals surface area (Å²) in [6.45, 7) is 1.96. The maximum Gasteiger partial charge on any atom is 0.251 e. The molecule has 0 spiro atoms. The lowest BCUT2D eigenvalue weighted by molar-refractivity contribution is 0.0680. The van der Waals surface area contributed by atoms with Crippen LogP contribution in [0.3, 0.4) is 0 Å². The molecule has 0 aromatic heterocycles. The summed E-state index contributed by atoms with van der Waals surface area (Å²) >= 11 is 0. The molecule has 1 aromatic rings. The van der Waals surface area contributed by atoms with Crippen LogP contribution in [0.1, 0.15) is 24.2 Å². The third-order valence-corrected chi connectivity index (χ3v) is 2.71. The molecule has 0 aliphatic heterocycles. The first-order valence-corrected chi connectivity index (χ1v) is 5.76. The lowest BCUT2D eigenvalue weighted by atomic mass is 10.1. The summed E-state index contributed by atoms with van der Waals surface area (Å²) in [5.74, 6) is 0. The van der Waals surface area contributed by atoms with Gasteiger partial charge in [-0.3, -0.25) is 4.90 Å². The number of likely N-dealkylation sites (N-methyl/N-ethyl adjacent to an activating group) is 1. The molecule has 0 amide bonds. The van der Waals surface area contributed by atoms with E-state index in [1.54, 1.807) is 7.05 Å². The zero-order valence-corrected chi connectivity index (χ0v) is 10.2. The molecule has 2 nitrogen and oxygen atoms in total. The summed E-state index contributed by atoms with van der Waals surface area (Å²) in [4.78, 5) is 1.43. The van der Waals surface area contributed by atoms with Crippen molar-refractivity contribution < 1.29 is 13.9 Å². The summed E-state index contributed by atoms with van der Waals surface area (Å²) in [6.07, 6.45) is -2.14. The van der Waals surface area contributed by atoms with Crippen molar-refractivity contribution in [3.8, 4) is 0 Å². The van der Waals surface area contributed by atoms with Crippen molar-refractivity contribution in [2.45, 2.75) is 25.9 Å². The van der Waals surface area contributed by atoms with Gasteiger partial charge in [0.2, 0.25) is 0 Å². The Bertz CT molecular complexity index is 327. The van der Waals surface area contributed by atoms with Crippen molar-refractivity contribution in [2.24, 2.45) is 0 Å². The highest BCUT2D eigenvalue weighted by Crippen LogP contribution is 2.15. The highest BCUT2D eigenvalue weighted by atomic mass is 19.3. The first kappa shape index (κ1) is 14.1. The fourth-order valence-electron chi connectivity index (χ4n) is 1.69. The molecule has 0 bridgehead atoms. The van der Waals surface area contributed by atoms with Gasteiger partial charge in [-0.25, -0.2) is 8.78 Å². The number of hydrogen-bond donors (Lipinski definition) is 1. The van der Waals surface area contributed by atoms with Gasteiger partial charge in [0.1, 0.15) is 0 Å². The average Bonchev–Trinajstić information content (AvgIpc) is 2.28. The van der Waals surface area contributed by atoms with Crippen molar-refractivity contribution >= 4 is 0 Å². The van der Waals surface area contributed by atoms with Crippen LogP contribution >= 0.6 is 0 Å². The summed E-state index contributed by atoms with van der Waals surface area (Å²) in [7, 11) is 1.58. The molecule has 1 N–H and O–H groups in total. The van der Waals surface area contributed by atoms with E-state index in [-0.39, 0.29) is 13.1 Å². The Morgan fingerprint density at radius 1 is 1.18 bits per heavy atom. The van der Waals surface area contributed by atoms with E-state index in [0.717, 1.165) is 12.0 Å². The van der Waals surface area contributed by atoms with Gasteiger partial charge < -0.3 is 5.11 Å². The third kappa shape index (κ3) is 4.79. The zero-order chi connectivity index (χ0) is 12.8. The Hall–Kier alpha value is -1.00. The number of aryl methyl sites for hydroxylation is 1. The van der Waals surface area contributed by atoms with Gasteiger partial charge in [0.25, 0.3) is 6.43 Å². The molecule has 0 aliphatic rings. The van der Waals surface area contributed by atoms with E-state index in [1.807, 2.05) is 24.3 Å². The molecule has 0 fully saturated rings. The fraction of sp³-hybridized carbons (Fsp3) is 0.538. The lowest BCUT2D eigenvalue weighted by Gasteiger charge is -2.20. The predicted octanol–water partition coefficient (Wildman–Crippen LogP) is 2.48. The van der Waals surface area contributed by atoms with Gasteiger partial charge in [0.05, 0.1) is 12.6 Å². The van der Waals surface area contributed by atoms with Crippen LogP contribution in [0.5, 0.6) is 0 Å². The zero-order valence-electron chi connectivity index (χ0n) is 10.2. The maximum atomic E-state index is 12.1. The summed E-state index contributed by atoms with van der Waals surface area (Å²) in [6, 6.07) is 7.59. The molecule has 0 aliphatic carbocycles. The Morgan fingerprint density at radius 2 is 1.76 bits per heavy atom. The molecule has 17 heavy (non-hydrogen) atoms. The van der Waals surface area contributed by atoms with Crippen LogP contribution in [-0.2, 0) is 6.42 Å².